The number of aliphatic carboxylic acids is 1. The van der Waals surface area contributed by atoms with Crippen molar-refractivity contribution in [3.8, 4) is 0 Å². The third-order valence-corrected chi connectivity index (χ3v) is 6.27. The standard InChI is InChI=1S/C31H47N5O9/c1-17(2)13-22(26(38)29(41)32-15-24(37)36-25(30(42)43)21-11-9-8-10-12-21)34-28(40)23(14-18(3)4)35-27(39)20(7)33-31(44)45-16-19(5)6/h8-12,17-20,22-23,25H,13-16H2,1-7H3,(H,32,41)(H,33,44)(H,34,40)(H,35,39)(H,36,37)(H,42,43)/t20-,22?,23-,25?/m0/s1. The van der Waals surface area contributed by atoms with Crippen LogP contribution in [0, 0.1) is 17.8 Å². The van der Waals surface area contributed by atoms with Crippen molar-refractivity contribution in [3.63, 3.8) is 0 Å². The van der Waals surface area contributed by atoms with Gasteiger partial charge in [-0.05, 0) is 43.1 Å². The number of Topliss-reactive ketones (excluding diaryl/α,β-unsaturated/α-hetero) is 1. The Morgan fingerprint density at radius 3 is 1.80 bits per heavy atom. The van der Waals surface area contributed by atoms with Crippen molar-refractivity contribution in [2.24, 2.45) is 17.8 Å². The fourth-order valence-electron chi connectivity index (χ4n) is 4.05. The maximum atomic E-state index is 13.3. The number of benzene rings is 1. The Morgan fingerprint density at radius 2 is 1.27 bits per heavy atom. The van der Waals surface area contributed by atoms with Gasteiger partial charge >= 0.3 is 12.1 Å². The highest BCUT2D eigenvalue weighted by Gasteiger charge is 2.32. The van der Waals surface area contributed by atoms with Gasteiger partial charge in [0.15, 0.2) is 6.04 Å². The molecule has 1 aromatic carbocycles. The predicted molar refractivity (Wildman–Crippen MR) is 165 cm³/mol. The largest absolute Gasteiger partial charge is 0.479 e. The van der Waals surface area contributed by atoms with E-state index in [1.54, 1.807) is 32.0 Å². The molecule has 45 heavy (non-hydrogen) atoms. The van der Waals surface area contributed by atoms with Gasteiger partial charge in [-0.25, -0.2) is 9.59 Å². The molecular weight excluding hydrogens is 586 g/mol. The van der Waals surface area contributed by atoms with Crippen LogP contribution in [0.2, 0.25) is 0 Å². The molecule has 4 atom stereocenters. The Bertz CT molecular complexity index is 1190. The van der Waals surface area contributed by atoms with Crippen LogP contribution in [-0.4, -0.2) is 77.9 Å². The minimum Gasteiger partial charge on any atom is -0.479 e. The topological polar surface area (TPSA) is 209 Å². The summed E-state index contributed by atoms with van der Waals surface area (Å²) >= 11 is 0. The van der Waals surface area contributed by atoms with E-state index < -0.39 is 72.2 Å². The maximum Gasteiger partial charge on any atom is 0.407 e. The zero-order valence-corrected chi connectivity index (χ0v) is 27.0. The molecule has 0 heterocycles. The highest BCUT2D eigenvalue weighted by atomic mass is 16.5. The number of alkyl carbamates (subject to hydrolysis) is 1. The van der Waals surface area contributed by atoms with E-state index in [4.69, 9.17) is 4.74 Å². The molecule has 6 N–H and O–H groups in total. The summed E-state index contributed by atoms with van der Waals surface area (Å²) in [5.74, 6) is -5.74. The number of nitrogens with one attached hydrogen (secondary N) is 5. The molecule has 2 unspecified atom stereocenters. The van der Waals surface area contributed by atoms with E-state index in [0.717, 1.165) is 0 Å². The number of carbonyl (C=O) groups is 7. The number of rotatable bonds is 18. The van der Waals surface area contributed by atoms with Gasteiger partial charge in [-0.2, -0.15) is 0 Å². The Morgan fingerprint density at radius 1 is 0.711 bits per heavy atom. The minimum absolute atomic E-state index is 0.0492. The zero-order valence-electron chi connectivity index (χ0n) is 27.0. The van der Waals surface area contributed by atoms with E-state index in [1.165, 1.54) is 19.1 Å². The lowest BCUT2D eigenvalue weighted by Gasteiger charge is -2.25. The molecule has 14 nitrogen and oxygen atoms in total. The SMILES string of the molecule is CC(C)COC(=O)N[C@@H](C)C(=O)N[C@@H](CC(C)C)C(=O)NC(CC(C)C)C(=O)C(=O)NCC(=O)NC(C(=O)O)c1ccccc1. The summed E-state index contributed by atoms with van der Waals surface area (Å²) in [6, 6.07) is 3.20. The summed E-state index contributed by atoms with van der Waals surface area (Å²) in [6.45, 7) is 11.9. The van der Waals surface area contributed by atoms with E-state index >= 15 is 0 Å². The van der Waals surface area contributed by atoms with Crippen LogP contribution in [0.1, 0.15) is 72.9 Å². The predicted octanol–water partition coefficient (Wildman–Crippen LogP) is 1.45. The van der Waals surface area contributed by atoms with Crippen LogP contribution in [0.5, 0.6) is 0 Å². The Balaban J connectivity index is 2.90. The van der Waals surface area contributed by atoms with Gasteiger partial charge in [0, 0.05) is 0 Å². The first kappa shape index (κ1) is 38.5. The first-order valence-corrected chi connectivity index (χ1v) is 14.9. The van der Waals surface area contributed by atoms with Gasteiger partial charge in [-0.1, -0.05) is 71.9 Å². The summed E-state index contributed by atoms with van der Waals surface area (Å²) in [7, 11) is 0. The number of ether oxygens (including phenoxy) is 1. The lowest BCUT2D eigenvalue weighted by atomic mass is 9.97. The van der Waals surface area contributed by atoms with Crippen molar-refractivity contribution < 1.29 is 43.4 Å². The van der Waals surface area contributed by atoms with Gasteiger partial charge in [-0.15, -0.1) is 0 Å². The molecule has 5 amide bonds. The van der Waals surface area contributed by atoms with E-state index in [2.05, 4.69) is 26.6 Å². The van der Waals surface area contributed by atoms with Gasteiger partial charge in [0.05, 0.1) is 19.2 Å². The fourth-order valence-corrected chi connectivity index (χ4v) is 4.05. The van der Waals surface area contributed by atoms with E-state index in [9.17, 15) is 38.7 Å². The molecule has 0 saturated carbocycles. The van der Waals surface area contributed by atoms with Crippen LogP contribution in [0.3, 0.4) is 0 Å². The second-order valence-corrected chi connectivity index (χ2v) is 12.0. The molecule has 1 rings (SSSR count). The van der Waals surface area contributed by atoms with Crippen LogP contribution in [0.25, 0.3) is 0 Å². The number of carboxylic acids is 1. The zero-order chi connectivity index (χ0) is 34.3. The van der Waals surface area contributed by atoms with Crippen LogP contribution < -0.4 is 26.6 Å². The van der Waals surface area contributed by atoms with Gasteiger partial charge in [-0.3, -0.25) is 24.0 Å². The van der Waals surface area contributed by atoms with Crippen LogP contribution in [0.4, 0.5) is 4.79 Å². The van der Waals surface area contributed by atoms with Gasteiger partial charge in [0.25, 0.3) is 5.91 Å². The van der Waals surface area contributed by atoms with Crippen LogP contribution >= 0.6 is 0 Å². The highest BCUT2D eigenvalue weighted by Crippen LogP contribution is 2.13. The second kappa shape index (κ2) is 19.0. The quantitative estimate of drug-likeness (QED) is 0.129. The van der Waals surface area contributed by atoms with Crippen molar-refractivity contribution in [2.75, 3.05) is 13.2 Å². The van der Waals surface area contributed by atoms with Gasteiger partial charge in [0.2, 0.25) is 23.5 Å². The summed E-state index contributed by atoms with van der Waals surface area (Å²) in [5, 5.41) is 21.5. The normalized spacial score (nSPS) is 13.6. The van der Waals surface area contributed by atoms with Gasteiger partial charge < -0.3 is 36.4 Å². The highest BCUT2D eigenvalue weighted by molar-refractivity contribution is 6.38. The third-order valence-electron chi connectivity index (χ3n) is 6.27. The van der Waals surface area contributed by atoms with E-state index in [-0.39, 0.29) is 37.2 Å². The lowest BCUT2D eigenvalue weighted by molar-refractivity contribution is -0.142. The van der Waals surface area contributed by atoms with Crippen LogP contribution in [0.15, 0.2) is 30.3 Å². The van der Waals surface area contributed by atoms with Crippen molar-refractivity contribution in [3.05, 3.63) is 35.9 Å². The summed E-state index contributed by atoms with van der Waals surface area (Å²) in [5.41, 5.74) is 0.319. The average Bonchev–Trinajstić information content (AvgIpc) is 2.96. The number of ketones is 1. The van der Waals surface area contributed by atoms with Crippen LogP contribution in [-0.2, 0) is 33.5 Å². The number of hydrogen-bond donors (Lipinski definition) is 6. The summed E-state index contributed by atoms with van der Waals surface area (Å²) < 4.78 is 5.03. The summed E-state index contributed by atoms with van der Waals surface area (Å²) in [6.07, 6.45) is -0.498. The van der Waals surface area contributed by atoms with E-state index in [0.29, 0.717) is 5.56 Å². The molecule has 1 aromatic rings. The molecule has 0 aliphatic heterocycles. The molecule has 0 aliphatic carbocycles. The van der Waals surface area contributed by atoms with Crippen molar-refractivity contribution in [1.82, 2.24) is 26.6 Å². The van der Waals surface area contributed by atoms with Crippen molar-refractivity contribution >= 4 is 41.5 Å². The molecule has 0 bridgehead atoms. The Hall–Kier alpha value is -4.49. The molecule has 0 aromatic heterocycles. The first-order valence-electron chi connectivity index (χ1n) is 14.9. The molecule has 250 valence electrons. The molecular formula is C31H47N5O9. The monoisotopic (exact) mass is 633 g/mol. The number of hydrogen-bond acceptors (Lipinski definition) is 8. The Labute approximate surface area is 263 Å². The molecule has 0 fully saturated rings. The van der Waals surface area contributed by atoms with Gasteiger partial charge in [0.1, 0.15) is 12.1 Å². The Kier molecular flexibility index (Phi) is 16.3. The van der Waals surface area contributed by atoms with Crippen molar-refractivity contribution in [1.29, 1.82) is 0 Å². The molecule has 0 radical (unpaired) electrons. The van der Waals surface area contributed by atoms with Crippen molar-refractivity contribution in [2.45, 2.75) is 85.5 Å². The maximum absolute atomic E-state index is 13.3. The second-order valence-electron chi connectivity index (χ2n) is 12.0. The molecule has 14 heteroatoms. The average molecular weight is 634 g/mol. The fraction of sp³-hybridized carbons (Fsp3) is 0.581. The third kappa shape index (κ3) is 14.7. The summed E-state index contributed by atoms with van der Waals surface area (Å²) in [4.78, 5) is 88.0. The number of carbonyl (C=O) groups excluding carboxylic acids is 6. The molecule has 0 saturated heterocycles. The smallest absolute Gasteiger partial charge is 0.407 e. The number of amides is 5. The minimum atomic E-state index is -1.36. The molecule has 0 spiro atoms. The number of carboxylic acid groups (broad SMARTS) is 1. The molecule has 0 aliphatic rings. The van der Waals surface area contributed by atoms with E-state index in [1.807, 2.05) is 27.7 Å². The lowest BCUT2D eigenvalue weighted by Crippen LogP contribution is -2.57. The first-order chi connectivity index (χ1) is 21.0.